The monoisotopic (exact) mass is 497 g/mol. The molecule has 2 fully saturated rings. The third-order valence-corrected chi connectivity index (χ3v) is 6.79. The lowest BCUT2D eigenvalue weighted by molar-refractivity contribution is -0.229. The first kappa shape index (κ1) is 24.1. The van der Waals surface area contributed by atoms with Crippen LogP contribution in [0.1, 0.15) is 30.5 Å². The molecular formula is C31H31NO5. The van der Waals surface area contributed by atoms with Gasteiger partial charge < -0.3 is 23.7 Å². The van der Waals surface area contributed by atoms with E-state index in [1.54, 1.807) is 0 Å². The van der Waals surface area contributed by atoms with E-state index < -0.39 is 24.3 Å². The minimum Gasteiger partial charge on any atom is -0.485 e. The predicted octanol–water partition coefficient (Wildman–Crippen LogP) is 5.38. The van der Waals surface area contributed by atoms with Gasteiger partial charge in [-0.05, 0) is 25.0 Å². The molecule has 6 nitrogen and oxygen atoms in total. The molecule has 3 aromatic carbocycles. The highest BCUT2D eigenvalue weighted by Gasteiger charge is 2.58. The van der Waals surface area contributed by atoms with Gasteiger partial charge in [-0.2, -0.15) is 0 Å². The summed E-state index contributed by atoms with van der Waals surface area (Å²) in [6, 6.07) is 30.4. The maximum absolute atomic E-state index is 6.66. The van der Waals surface area contributed by atoms with Gasteiger partial charge in [-0.3, -0.25) is 4.99 Å². The number of aliphatic imine (C=N–C) groups is 1. The van der Waals surface area contributed by atoms with Crippen molar-refractivity contribution < 1.29 is 23.7 Å². The molecule has 0 unspecified atom stereocenters. The summed E-state index contributed by atoms with van der Waals surface area (Å²) in [6.07, 6.45) is -0.0968. The molecule has 0 aromatic heterocycles. The van der Waals surface area contributed by atoms with Crippen LogP contribution in [0.4, 0.5) is 0 Å². The van der Waals surface area contributed by atoms with E-state index in [2.05, 4.69) is 12.1 Å². The van der Waals surface area contributed by atoms with Gasteiger partial charge in [-0.15, -0.1) is 0 Å². The van der Waals surface area contributed by atoms with Gasteiger partial charge in [0.2, 0.25) is 0 Å². The Bertz CT molecular complexity index is 1260. The summed E-state index contributed by atoms with van der Waals surface area (Å²) in [5, 5.41) is 0. The highest BCUT2D eigenvalue weighted by atomic mass is 16.8. The molecule has 6 heteroatoms. The van der Waals surface area contributed by atoms with Gasteiger partial charge in [0.05, 0.1) is 18.9 Å². The van der Waals surface area contributed by atoms with Crippen LogP contribution in [-0.4, -0.2) is 48.7 Å². The largest absolute Gasteiger partial charge is 0.485 e. The van der Waals surface area contributed by atoms with Gasteiger partial charge in [-0.25, -0.2) is 0 Å². The maximum Gasteiger partial charge on any atom is 0.190 e. The second-order valence-corrected chi connectivity index (χ2v) is 9.95. The number of rotatable bonds is 6. The smallest absolute Gasteiger partial charge is 0.190 e. The topological polar surface area (TPSA) is 58.5 Å². The molecule has 2 saturated heterocycles. The van der Waals surface area contributed by atoms with Crippen LogP contribution < -0.4 is 0 Å². The first-order valence-corrected chi connectivity index (χ1v) is 12.8. The normalized spacial score (nSPS) is 28.5. The standard InChI is InChI=1S/C31H31NO5/c1-31(2)36-29-28(33-20-21-12-6-3-7-13-21)27(35-30(29)37-31)26-19-32-24(22-14-8-4-9-15-22)18-25(34-26)23-16-10-5-11-17-23/h3-18,26-30H,19-20H2,1-2H3/t26-,27+,28-,29+,30+/m0/s1. The molecule has 0 amide bonds. The molecule has 0 radical (unpaired) electrons. The Kier molecular flexibility index (Phi) is 6.65. The van der Waals surface area contributed by atoms with Crippen molar-refractivity contribution in [2.45, 2.75) is 56.9 Å². The number of nitrogens with zero attached hydrogens (tertiary/aromatic N) is 1. The Hall–Kier alpha value is -3.29. The van der Waals surface area contributed by atoms with Crippen molar-refractivity contribution in [3.8, 4) is 0 Å². The van der Waals surface area contributed by atoms with Gasteiger partial charge in [0, 0.05) is 11.6 Å². The van der Waals surface area contributed by atoms with Gasteiger partial charge in [0.15, 0.2) is 12.1 Å². The quantitative estimate of drug-likeness (QED) is 0.458. The first-order chi connectivity index (χ1) is 18.1. The third-order valence-electron chi connectivity index (χ3n) is 6.79. The molecule has 3 aliphatic heterocycles. The molecule has 0 N–H and O–H groups in total. The molecule has 37 heavy (non-hydrogen) atoms. The molecule has 0 aliphatic carbocycles. The van der Waals surface area contributed by atoms with Crippen LogP contribution in [-0.2, 0) is 30.3 Å². The molecular weight excluding hydrogens is 466 g/mol. The van der Waals surface area contributed by atoms with E-state index in [1.165, 1.54) is 0 Å². The van der Waals surface area contributed by atoms with E-state index >= 15 is 0 Å². The van der Waals surface area contributed by atoms with Crippen LogP contribution in [0.5, 0.6) is 0 Å². The average molecular weight is 498 g/mol. The Labute approximate surface area is 217 Å². The molecule has 0 saturated carbocycles. The van der Waals surface area contributed by atoms with E-state index in [0.717, 1.165) is 28.2 Å². The number of hydrogen-bond donors (Lipinski definition) is 0. The zero-order valence-corrected chi connectivity index (χ0v) is 21.0. The van der Waals surface area contributed by atoms with Crippen molar-refractivity contribution in [2.24, 2.45) is 4.99 Å². The lowest BCUT2D eigenvalue weighted by Gasteiger charge is -2.30. The highest BCUT2D eigenvalue weighted by molar-refractivity contribution is 6.11. The number of allylic oxidation sites excluding steroid dienone is 1. The van der Waals surface area contributed by atoms with Crippen molar-refractivity contribution in [3.05, 3.63) is 114 Å². The molecule has 0 bridgehead atoms. The number of ether oxygens (including phenoxy) is 5. The Morgan fingerprint density at radius 2 is 1.46 bits per heavy atom. The summed E-state index contributed by atoms with van der Waals surface area (Å²) in [6.45, 7) is 4.64. The fourth-order valence-electron chi connectivity index (χ4n) is 5.06. The van der Waals surface area contributed by atoms with Gasteiger partial charge in [-0.1, -0.05) is 91.0 Å². The minimum absolute atomic E-state index is 0.364. The summed E-state index contributed by atoms with van der Waals surface area (Å²) in [4.78, 5) is 4.97. The van der Waals surface area contributed by atoms with E-state index in [1.807, 2.05) is 98.8 Å². The molecule has 5 atom stereocenters. The Balaban J connectivity index is 1.31. The van der Waals surface area contributed by atoms with E-state index in [4.69, 9.17) is 28.7 Å². The highest BCUT2D eigenvalue weighted by Crippen LogP contribution is 2.41. The van der Waals surface area contributed by atoms with E-state index in [-0.39, 0.29) is 12.2 Å². The van der Waals surface area contributed by atoms with Crippen LogP contribution >= 0.6 is 0 Å². The Morgan fingerprint density at radius 1 is 0.811 bits per heavy atom. The molecule has 190 valence electrons. The van der Waals surface area contributed by atoms with E-state index in [9.17, 15) is 0 Å². The van der Waals surface area contributed by atoms with Crippen molar-refractivity contribution >= 4 is 11.5 Å². The second kappa shape index (κ2) is 10.2. The van der Waals surface area contributed by atoms with Gasteiger partial charge in [0.1, 0.15) is 30.2 Å². The van der Waals surface area contributed by atoms with Gasteiger partial charge >= 0.3 is 0 Å². The second-order valence-electron chi connectivity index (χ2n) is 9.95. The predicted molar refractivity (Wildman–Crippen MR) is 141 cm³/mol. The van der Waals surface area contributed by atoms with Crippen LogP contribution in [0.15, 0.2) is 102 Å². The molecule has 3 aliphatic rings. The van der Waals surface area contributed by atoms with Gasteiger partial charge in [0.25, 0.3) is 0 Å². The fraction of sp³-hybridized carbons (Fsp3) is 0.323. The summed E-state index contributed by atoms with van der Waals surface area (Å²) in [7, 11) is 0. The summed E-state index contributed by atoms with van der Waals surface area (Å²) < 4.78 is 31.9. The molecule has 3 heterocycles. The van der Waals surface area contributed by atoms with Crippen molar-refractivity contribution in [2.75, 3.05) is 6.54 Å². The average Bonchev–Trinajstić information content (AvgIpc) is 3.29. The molecule has 6 rings (SSSR count). The minimum atomic E-state index is -0.743. The summed E-state index contributed by atoms with van der Waals surface area (Å²) >= 11 is 0. The van der Waals surface area contributed by atoms with Crippen LogP contribution in [0, 0.1) is 0 Å². The first-order valence-electron chi connectivity index (χ1n) is 12.8. The third kappa shape index (κ3) is 5.24. The van der Waals surface area contributed by atoms with Crippen LogP contribution in [0.25, 0.3) is 5.76 Å². The van der Waals surface area contributed by atoms with Crippen molar-refractivity contribution in [1.29, 1.82) is 0 Å². The number of hydrogen-bond acceptors (Lipinski definition) is 6. The summed E-state index contributed by atoms with van der Waals surface area (Å²) in [5.41, 5.74) is 3.97. The van der Waals surface area contributed by atoms with Crippen molar-refractivity contribution in [3.63, 3.8) is 0 Å². The number of benzene rings is 3. The molecule has 3 aromatic rings. The lowest BCUT2D eigenvalue weighted by atomic mass is 10.0. The maximum atomic E-state index is 6.66. The zero-order valence-electron chi connectivity index (χ0n) is 21.0. The van der Waals surface area contributed by atoms with Crippen LogP contribution in [0.2, 0.25) is 0 Å². The SMILES string of the molecule is CC1(C)O[C@H]2O[C@H]([C@@H]3CN=C(c4ccccc4)C=C(c4ccccc4)O3)[C@H](OCc3ccccc3)[C@H]2O1. The van der Waals surface area contributed by atoms with Crippen molar-refractivity contribution in [1.82, 2.24) is 0 Å². The summed E-state index contributed by atoms with van der Waals surface area (Å²) in [5.74, 6) is 0.00234. The van der Waals surface area contributed by atoms with Crippen LogP contribution in [0.3, 0.4) is 0 Å². The lowest BCUT2D eigenvalue weighted by Crippen LogP contribution is -2.44. The fourth-order valence-corrected chi connectivity index (χ4v) is 5.06. The van der Waals surface area contributed by atoms with E-state index in [0.29, 0.717) is 13.2 Å². The molecule has 0 spiro atoms. The zero-order chi connectivity index (χ0) is 25.2. The Morgan fingerprint density at radius 3 is 2.16 bits per heavy atom. The number of fused-ring (bicyclic) bond motifs is 1.